The fraction of sp³-hybridized carbons (Fsp3) is 0.286. The SMILES string of the molecule is Cc1nn(C)c(C)c1C(=O)Nc1ccc(CN)cc1. The van der Waals surface area contributed by atoms with Crippen molar-refractivity contribution in [3.63, 3.8) is 0 Å². The molecule has 19 heavy (non-hydrogen) atoms. The normalized spacial score (nSPS) is 10.5. The van der Waals surface area contributed by atoms with Crippen molar-refractivity contribution in [2.24, 2.45) is 12.8 Å². The highest BCUT2D eigenvalue weighted by molar-refractivity contribution is 6.05. The summed E-state index contributed by atoms with van der Waals surface area (Å²) in [6.07, 6.45) is 0. The number of anilines is 1. The third-order valence-electron chi connectivity index (χ3n) is 3.18. The lowest BCUT2D eigenvalue weighted by Gasteiger charge is -2.06. The number of hydrogen-bond acceptors (Lipinski definition) is 3. The molecular weight excluding hydrogens is 240 g/mol. The maximum atomic E-state index is 12.2. The molecule has 2 aromatic rings. The van der Waals surface area contributed by atoms with Gasteiger partial charge >= 0.3 is 0 Å². The maximum Gasteiger partial charge on any atom is 0.259 e. The van der Waals surface area contributed by atoms with Gasteiger partial charge in [-0.05, 0) is 31.5 Å². The molecule has 0 aliphatic heterocycles. The molecule has 0 unspecified atom stereocenters. The van der Waals surface area contributed by atoms with E-state index in [0.717, 1.165) is 22.6 Å². The molecule has 0 radical (unpaired) electrons. The van der Waals surface area contributed by atoms with Crippen LogP contribution in [-0.4, -0.2) is 15.7 Å². The van der Waals surface area contributed by atoms with E-state index in [0.29, 0.717) is 12.1 Å². The number of rotatable bonds is 3. The Hall–Kier alpha value is -2.14. The molecule has 1 aromatic heterocycles. The Morgan fingerprint density at radius 3 is 2.42 bits per heavy atom. The van der Waals surface area contributed by atoms with Crippen molar-refractivity contribution < 1.29 is 4.79 Å². The highest BCUT2D eigenvalue weighted by Crippen LogP contribution is 2.15. The van der Waals surface area contributed by atoms with Crippen LogP contribution in [0.5, 0.6) is 0 Å². The molecule has 0 aliphatic carbocycles. The largest absolute Gasteiger partial charge is 0.326 e. The summed E-state index contributed by atoms with van der Waals surface area (Å²) in [6, 6.07) is 7.50. The topological polar surface area (TPSA) is 72.9 Å². The van der Waals surface area contributed by atoms with Crippen molar-refractivity contribution in [1.82, 2.24) is 9.78 Å². The van der Waals surface area contributed by atoms with E-state index in [-0.39, 0.29) is 5.91 Å². The van der Waals surface area contributed by atoms with Crippen LogP contribution in [0.2, 0.25) is 0 Å². The van der Waals surface area contributed by atoms with Crippen molar-refractivity contribution in [1.29, 1.82) is 0 Å². The molecule has 1 heterocycles. The predicted octanol–water partition coefficient (Wildman–Crippen LogP) is 1.75. The average molecular weight is 258 g/mol. The Morgan fingerprint density at radius 2 is 1.95 bits per heavy atom. The van der Waals surface area contributed by atoms with Crippen LogP contribution in [0.3, 0.4) is 0 Å². The summed E-state index contributed by atoms with van der Waals surface area (Å²) in [4.78, 5) is 12.2. The standard InChI is InChI=1S/C14H18N4O/c1-9-13(10(2)18(3)17-9)14(19)16-12-6-4-11(8-15)5-7-12/h4-7H,8,15H2,1-3H3,(H,16,19). The summed E-state index contributed by atoms with van der Waals surface area (Å²) >= 11 is 0. The van der Waals surface area contributed by atoms with Crippen LogP contribution in [0.15, 0.2) is 24.3 Å². The number of hydrogen-bond donors (Lipinski definition) is 2. The zero-order chi connectivity index (χ0) is 14.0. The maximum absolute atomic E-state index is 12.2. The van der Waals surface area contributed by atoms with Gasteiger partial charge < -0.3 is 11.1 Å². The van der Waals surface area contributed by atoms with Gasteiger partial charge in [-0.15, -0.1) is 0 Å². The first-order valence-corrected chi connectivity index (χ1v) is 6.13. The smallest absolute Gasteiger partial charge is 0.259 e. The number of aromatic nitrogens is 2. The molecule has 3 N–H and O–H groups in total. The number of benzene rings is 1. The minimum atomic E-state index is -0.136. The van der Waals surface area contributed by atoms with Crippen LogP contribution >= 0.6 is 0 Å². The first kappa shape index (κ1) is 13.3. The van der Waals surface area contributed by atoms with Crippen molar-refractivity contribution in [3.8, 4) is 0 Å². The fourth-order valence-electron chi connectivity index (χ4n) is 2.02. The van der Waals surface area contributed by atoms with Gasteiger partial charge in [-0.1, -0.05) is 12.1 Å². The van der Waals surface area contributed by atoms with Crippen molar-refractivity contribution in [2.45, 2.75) is 20.4 Å². The molecule has 0 aliphatic rings. The fourth-order valence-corrected chi connectivity index (χ4v) is 2.02. The predicted molar refractivity (Wildman–Crippen MR) is 75.0 cm³/mol. The van der Waals surface area contributed by atoms with E-state index in [2.05, 4.69) is 10.4 Å². The van der Waals surface area contributed by atoms with Gasteiger partial charge in [0.15, 0.2) is 0 Å². The molecule has 5 nitrogen and oxygen atoms in total. The Morgan fingerprint density at radius 1 is 1.32 bits per heavy atom. The van der Waals surface area contributed by atoms with Crippen LogP contribution in [0.25, 0.3) is 0 Å². The second-order valence-electron chi connectivity index (χ2n) is 4.52. The van der Waals surface area contributed by atoms with Gasteiger partial charge in [-0.3, -0.25) is 9.48 Å². The van der Waals surface area contributed by atoms with Crippen LogP contribution in [-0.2, 0) is 13.6 Å². The van der Waals surface area contributed by atoms with E-state index in [4.69, 9.17) is 5.73 Å². The van der Waals surface area contributed by atoms with Gasteiger partial charge in [0, 0.05) is 25.0 Å². The third kappa shape index (κ3) is 2.66. The molecular formula is C14H18N4O. The quantitative estimate of drug-likeness (QED) is 0.881. The third-order valence-corrected chi connectivity index (χ3v) is 3.18. The second-order valence-corrected chi connectivity index (χ2v) is 4.52. The Bertz CT molecular complexity index is 599. The summed E-state index contributed by atoms with van der Waals surface area (Å²) in [5.74, 6) is -0.136. The highest BCUT2D eigenvalue weighted by Gasteiger charge is 2.17. The first-order valence-electron chi connectivity index (χ1n) is 6.13. The number of carbonyl (C=O) groups excluding carboxylic acids is 1. The molecule has 0 saturated carbocycles. The number of carbonyl (C=O) groups is 1. The molecule has 2 rings (SSSR count). The van der Waals surface area contributed by atoms with E-state index >= 15 is 0 Å². The second kappa shape index (κ2) is 5.24. The molecule has 0 saturated heterocycles. The Labute approximate surface area is 112 Å². The molecule has 100 valence electrons. The van der Waals surface area contributed by atoms with Gasteiger partial charge in [-0.2, -0.15) is 5.10 Å². The van der Waals surface area contributed by atoms with E-state index in [1.165, 1.54) is 0 Å². The zero-order valence-corrected chi connectivity index (χ0v) is 11.4. The number of nitrogens with zero attached hydrogens (tertiary/aromatic N) is 2. The zero-order valence-electron chi connectivity index (χ0n) is 11.4. The minimum absolute atomic E-state index is 0.136. The molecule has 5 heteroatoms. The molecule has 0 atom stereocenters. The van der Waals surface area contributed by atoms with Crippen LogP contribution in [0.4, 0.5) is 5.69 Å². The summed E-state index contributed by atoms with van der Waals surface area (Å²) in [7, 11) is 1.83. The minimum Gasteiger partial charge on any atom is -0.326 e. The number of nitrogens with one attached hydrogen (secondary N) is 1. The van der Waals surface area contributed by atoms with E-state index in [1.54, 1.807) is 4.68 Å². The summed E-state index contributed by atoms with van der Waals surface area (Å²) in [6.45, 7) is 4.21. The van der Waals surface area contributed by atoms with Gasteiger partial charge in [0.2, 0.25) is 0 Å². The van der Waals surface area contributed by atoms with Gasteiger partial charge in [0.05, 0.1) is 11.3 Å². The lowest BCUT2D eigenvalue weighted by Crippen LogP contribution is -2.14. The monoisotopic (exact) mass is 258 g/mol. The lowest BCUT2D eigenvalue weighted by atomic mass is 10.1. The van der Waals surface area contributed by atoms with E-state index < -0.39 is 0 Å². The lowest BCUT2D eigenvalue weighted by molar-refractivity contribution is 0.102. The number of amides is 1. The van der Waals surface area contributed by atoms with E-state index in [1.807, 2.05) is 45.2 Å². The van der Waals surface area contributed by atoms with Crippen molar-refractivity contribution in [2.75, 3.05) is 5.32 Å². The Kier molecular flexibility index (Phi) is 3.66. The van der Waals surface area contributed by atoms with Gasteiger partial charge in [0.1, 0.15) is 0 Å². The highest BCUT2D eigenvalue weighted by atomic mass is 16.1. The molecule has 1 aromatic carbocycles. The van der Waals surface area contributed by atoms with Gasteiger partial charge in [0.25, 0.3) is 5.91 Å². The average Bonchev–Trinajstić information content (AvgIpc) is 2.64. The van der Waals surface area contributed by atoms with Crippen molar-refractivity contribution in [3.05, 3.63) is 46.8 Å². The summed E-state index contributed by atoms with van der Waals surface area (Å²) in [5, 5.41) is 7.11. The van der Waals surface area contributed by atoms with Gasteiger partial charge in [-0.25, -0.2) is 0 Å². The van der Waals surface area contributed by atoms with Crippen LogP contribution in [0, 0.1) is 13.8 Å². The summed E-state index contributed by atoms with van der Waals surface area (Å²) < 4.78 is 1.71. The molecule has 0 bridgehead atoms. The Balaban J connectivity index is 2.20. The molecule has 1 amide bonds. The first-order chi connectivity index (χ1) is 9.02. The van der Waals surface area contributed by atoms with E-state index in [9.17, 15) is 4.79 Å². The van der Waals surface area contributed by atoms with Crippen LogP contribution in [0.1, 0.15) is 27.3 Å². The van der Waals surface area contributed by atoms with Crippen molar-refractivity contribution >= 4 is 11.6 Å². The molecule has 0 spiro atoms. The number of aryl methyl sites for hydroxylation is 2. The molecule has 0 fully saturated rings. The van der Waals surface area contributed by atoms with Crippen LogP contribution < -0.4 is 11.1 Å². The number of nitrogens with two attached hydrogens (primary N) is 1. The summed E-state index contributed by atoms with van der Waals surface area (Å²) in [5.41, 5.74) is 9.54.